The summed E-state index contributed by atoms with van der Waals surface area (Å²) in [5.41, 5.74) is 1.81. The van der Waals surface area contributed by atoms with Crippen LogP contribution in [0.25, 0.3) is 0 Å². The molecule has 1 aromatic carbocycles. The van der Waals surface area contributed by atoms with Gasteiger partial charge in [0.15, 0.2) is 0 Å². The lowest BCUT2D eigenvalue weighted by atomic mass is 10.1. The van der Waals surface area contributed by atoms with E-state index in [1.807, 2.05) is 19.9 Å². The van der Waals surface area contributed by atoms with E-state index in [1.54, 1.807) is 7.11 Å². The van der Waals surface area contributed by atoms with E-state index in [-0.39, 0.29) is 11.9 Å². The number of rotatable bonds is 2. The first-order chi connectivity index (χ1) is 5.63. The van der Waals surface area contributed by atoms with Gasteiger partial charge in [0.2, 0.25) is 0 Å². The second-order valence-corrected chi connectivity index (χ2v) is 2.94. The van der Waals surface area contributed by atoms with Crippen molar-refractivity contribution >= 4 is 0 Å². The van der Waals surface area contributed by atoms with Crippen LogP contribution in [-0.2, 0) is 4.74 Å². The van der Waals surface area contributed by atoms with Gasteiger partial charge in [0.25, 0.3) is 0 Å². The van der Waals surface area contributed by atoms with Gasteiger partial charge in [0.1, 0.15) is 5.82 Å². The van der Waals surface area contributed by atoms with Crippen molar-refractivity contribution < 1.29 is 9.13 Å². The maximum absolute atomic E-state index is 12.9. The van der Waals surface area contributed by atoms with E-state index < -0.39 is 0 Å². The van der Waals surface area contributed by atoms with Gasteiger partial charge in [0, 0.05) is 7.11 Å². The van der Waals surface area contributed by atoms with Gasteiger partial charge in [0.05, 0.1) is 6.10 Å². The summed E-state index contributed by atoms with van der Waals surface area (Å²) in [5, 5.41) is 0. The Balaban J connectivity index is 3.00. The molecule has 66 valence electrons. The van der Waals surface area contributed by atoms with Gasteiger partial charge >= 0.3 is 0 Å². The molecule has 1 rings (SSSR count). The molecule has 1 nitrogen and oxygen atoms in total. The summed E-state index contributed by atoms with van der Waals surface area (Å²) in [6, 6.07) is 4.93. The summed E-state index contributed by atoms with van der Waals surface area (Å²) in [5.74, 6) is -0.200. The molecule has 0 saturated carbocycles. The molecule has 0 bridgehead atoms. The van der Waals surface area contributed by atoms with Gasteiger partial charge in [-0.05, 0) is 37.1 Å². The topological polar surface area (TPSA) is 9.23 Å². The Morgan fingerprint density at radius 1 is 1.33 bits per heavy atom. The third-order valence-corrected chi connectivity index (χ3v) is 1.89. The fourth-order valence-corrected chi connectivity index (χ4v) is 1.14. The second kappa shape index (κ2) is 3.68. The average Bonchev–Trinajstić information content (AvgIpc) is 2.01. The SMILES string of the molecule is COC(C)c1cc(C)cc(F)c1. The molecule has 0 radical (unpaired) electrons. The van der Waals surface area contributed by atoms with Gasteiger partial charge in [-0.3, -0.25) is 0 Å². The highest BCUT2D eigenvalue weighted by Crippen LogP contribution is 2.18. The summed E-state index contributed by atoms with van der Waals surface area (Å²) in [6.07, 6.45) is -0.0422. The Labute approximate surface area is 72.2 Å². The zero-order chi connectivity index (χ0) is 9.14. The summed E-state index contributed by atoms with van der Waals surface area (Å²) >= 11 is 0. The van der Waals surface area contributed by atoms with E-state index in [2.05, 4.69) is 0 Å². The lowest BCUT2D eigenvalue weighted by Gasteiger charge is -2.10. The molecule has 1 aromatic rings. The number of hydrogen-bond donors (Lipinski definition) is 0. The van der Waals surface area contributed by atoms with E-state index in [9.17, 15) is 4.39 Å². The molecule has 0 aliphatic carbocycles. The fourth-order valence-electron chi connectivity index (χ4n) is 1.14. The summed E-state index contributed by atoms with van der Waals surface area (Å²) in [6.45, 7) is 3.77. The van der Waals surface area contributed by atoms with Crippen molar-refractivity contribution in [3.05, 3.63) is 35.1 Å². The average molecular weight is 168 g/mol. The number of benzene rings is 1. The zero-order valence-electron chi connectivity index (χ0n) is 7.60. The van der Waals surface area contributed by atoms with Crippen molar-refractivity contribution in [3.8, 4) is 0 Å². The molecule has 0 aliphatic rings. The Hall–Kier alpha value is -0.890. The summed E-state index contributed by atoms with van der Waals surface area (Å²) < 4.78 is 17.9. The van der Waals surface area contributed by atoms with Gasteiger partial charge < -0.3 is 4.74 Å². The predicted octanol–water partition coefficient (Wildman–Crippen LogP) is 2.84. The molecule has 0 amide bonds. The maximum Gasteiger partial charge on any atom is 0.123 e. The standard InChI is InChI=1S/C10H13FO/c1-7-4-9(8(2)12-3)6-10(11)5-7/h4-6,8H,1-3H3. The molecule has 1 unspecified atom stereocenters. The van der Waals surface area contributed by atoms with E-state index >= 15 is 0 Å². The third kappa shape index (κ3) is 2.05. The van der Waals surface area contributed by atoms with Crippen molar-refractivity contribution in [3.63, 3.8) is 0 Å². The highest BCUT2D eigenvalue weighted by molar-refractivity contribution is 5.25. The Morgan fingerprint density at radius 3 is 2.50 bits per heavy atom. The van der Waals surface area contributed by atoms with Crippen LogP contribution in [0.2, 0.25) is 0 Å². The molecule has 0 saturated heterocycles. The maximum atomic E-state index is 12.9. The number of ether oxygens (including phenoxy) is 1. The highest BCUT2D eigenvalue weighted by Gasteiger charge is 2.05. The molecule has 1 atom stereocenters. The van der Waals surface area contributed by atoms with Crippen LogP contribution in [0.4, 0.5) is 4.39 Å². The molecule has 0 heterocycles. The van der Waals surface area contributed by atoms with Crippen LogP contribution in [0.5, 0.6) is 0 Å². The number of hydrogen-bond acceptors (Lipinski definition) is 1. The monoisotopic (exact) mass is 168 g/mol. The van der Waals surface area contributed by atoms with E-state index in [0.717, 1.165) is 11.1 Å². The second-order valence-electron chi connectivity index (χ2n) is 2.94. The van der Waals surface area contributed by atoms with Gasteiger partial charge in [-0.25, -0.2) is 4.39 Å². The minimum atomic E-state index is -0.200. The van der Waals surface area contributed by atoms with Crippen LogP contribution in [-0.4, -0.2) is 7.11 Å². The summed E-state index contributed by atoms with van der Waals surface area (Å²) in [7, 11) is 1.62. The van der Waals surface area contributed by atoms with Crippen molar-refractivity contribution in [2.45, 2.75) is 20.0 Å². The largest absolute Gasteiger partial charge is 0.377 e. The minimum Gasteiger partial charge on any atom is -0.377 e. The van der Waals surface area contributed by atoms with Gasteiger partial charge in [-0.2, -0.15) is 0 Å². The Kier molecular flexibility index (Phi) is 2.82. The number of halogens is 1. The molecule has 0 aromatic heterocycles. The van der Waals surface area contributed by atoms with Gasteiger partial charge in [-0.15, -0.1) is 0 Å². The fraction of sp³-hybridized carbons (Fsp3) is 0.400. The highest BCUT2D eigenvalue weighted by atomic mass is 19.1. The first-order valence-corrected chi connectivity index (χ1v) is 3.93. The molecule has 12 heavy (non-hydrogen) atoms. The van der Waals surface area contributed by atoms with Crippen molar-refractivity contribution in [1.82, 2.24) is 0 Å². The van der Waals surface area contributed by atoms with Crippen LogP contribution in [0, 0.1) is 12.7 Å². The zero-order valence-corrected chi connectivity index (χ0v) is 7.60. The first kappa shape index (κ1) is 9.20. The number of aryl methyl sites for hydroxylation is 1. The van der Waals surface area contributed by atoms with Crippen LogP contribution in [0.1, 0.15) is 24.2 Å². The first-order valence-electron chi connectivity index (χ1n) is 3.93. The molecule has 0 N–H and O–H groups in total. The molecule has 0 fully saturated rings. The molecular formula is C10H13FO. The van der Waals surface area contributed by atoms with Crippen LogP contribution in [0.15, 0.2) is 18.2 Å². The summed E-state index contributed by atoms with van der Waals surface area (Å²) in [4.78, 5) is 0. The van der Waals surface area contributed by atoms with Crippen LogP contribution in [0.3, 0.4) is 0 Å². The minimum absolute atomic E-state index is 0.0422. The number of methoxy groups -OCH3 is 1. The lowest BCUT2D eigenvalue weighted by Crippen LogP contribution is -1.96. The molecule has 0 spiro atoms. The van der Waals surface area contributed by atoms with Crippen LogP contribution < -0.4 is 0 Å². The molecule has 2 heteroatoms. The smallest absolute Gasteiger partial charge is 0.123 e. The van der Waals surface area contributed by atoms with E-state index in [1.165, 1.54) is 12.1 Å². The molecular weight excluding hydrogens is 155 g/mol. The normalized spacial score (nSPS) is 13.0. The van der Waals surface area contributed by atoms with E-state index in [4.69, 9.17) is 4.74 Å². The third-order valence-electron chi connectivity index (χ3n) is 1.89. The predicted molar refractivity (Wildman–Crippen MR) is 46.6 cm³/mol. The lowest BCUT2D eigenvalue weighted by molar-refractivity contribution is 0.119. The van der Waals surface area contributed by atoms with Crippen molar-refractivity contribution in [1.29, 1.82) is 0 Å². The van der Waals surface area contributed by atoms with Crippen molar-refractivity contribution in [2.24, 2.45) is 0 Å². The van der Waals surface area contributed by atoms with Crippen LogP contribution >= 0.6 is 0 Å². The van der Waals surface area contributed by atoms with E-state index in [0.29, 0.717) is 0 Å². The Morgan fingerprint density at radius 2 is 2.00 bits per heavy atom. The Bertz CT molecular complexity index is 250. The molecule has 0 aliphatic heterocycles. The quantitative estimate of drug-likeness (QED) is 0.659. The van der Waals surface area contributed by atoms with Crippen molar-refractivity contribution in [2.75, 3.05) is 7.11 Å². The van der Waals surface area contributed by atoms with Gasteiger partial charge in [-0.1, -0.05) is 6.07 Å².